The number of benzene rings is 2. The van der Waals surface area contributed by atoms with Gasteiger partial charge < -0.3 is 15.2 Å². The maximum Gasteiger partial charge on any atom is 0.342 e. The molecule has 2 aromatic carbocycles. The van der Waals surface area contributed by atoms with Crippen LogP contribution in [0.25, 0.3) is 0 Å². The molecule has 0 atom stereocenters. The highest BCUT2D eigenvalue weighted by Gasteiger charge is 2.15. The molecular weight excluding hydrogens is 296 g/mol. The van der Waals surface area contributed by atoms with Crippen LogP contribution >= 0.6 is 0 Å². The third kappa shape index (κ3) is 4.08. The van der Waals surface area contributed by atoms with Gasteiger partial charge in [0.1, 0.15) is 17.4 Å². The topological polar surface area (TPSA) is 99.4 Å². The van der Waals surface area contributed by atoms with Gasteiger partial charge in [0.15, 0.2) is 6.61 Å². The van der Waals surface area contributed by atoms with Crippen LogP contribution in [0.15, 0.2) is 42.5 Å². The predicted molar refractivity (Wildman–Crippen MR) is 82.9 cm³/mol. The molecule has 0 heterocycles. The molecule has 0 saturated heterocycles. The van der Waals surface area contributed by atoms with E-state index in [2.05, 4.69) is 5.32 Å². The van der Waals surface area contributed by atoms with Crippen LogP contribution in [0.2, 0.25) is 0 Å². The third-order valence-electron chi connectivity index (χ3n) is 3.03. The van der Waals surface area contributed by atoms with E-state index in [1.165, 1.54) is 12.1 Å². The zero-order valence-electron chi connectivity index (χ0n) is 12.4. The molecule has 0 unspecified atom stereocenters. The number of anilines is 1. The van der Waals surface area contributed by atoms with Crippen molar-refractivity contribution in [1.29, 1.82) is 5.26 Å². The van der Waals surface area contributed by atoms with Crippen molar-refractivity contribution >= 4 is 17.6 Å². The molecule has 2 aromatic rings. The standard InChI is InChI=1S/C17H14N2O4/c1-11-6-7-15(20)13(8-11)17(22)23-10-16(21)19-14-5-3-2-4-12(14)9-18/h2-8,20H,10H2,1H3,(H,19,21). The SMILES string of the molecule is Cc1ccc(O)c(C(=O)OCC(=O)Nc2ccccc2C#N)c1. The lowest BCUT2D eigenvalue weighted by Gasteiger charge is -2.09. The average Bonchev–Trinajstić information content (AvgIpc) is 2.55. The fourth-order valence-corrected chi connectivity index (χ4v) is 1.90. The number of ether oxygens (including phenoxy) is 1. The number of aryl methyl sites for hydroxylation is 1. The molecule has 2 N–H and O–H groups in total. The summed E-state index contributed by atoms with van der Waals surface area (Å²) >= 11 is 0. The molecule has 0 aliphatic carbocycles. The quantitative estimate of drug-likeness (QED) is 0.845. The number of para-hydroxylation sites is 1. The number of carbonyl (C=O) groups excluding carboxylic acids is 2. The highest BCUT2D eigenvalue weighted by atomic mass is 16.5. The second-order valence-electron chi connectivity index (χ2n) is 4.80. The third-order valence-corrected chi connectivity index (χ3v) is 3.03. The maximum absolute atomic E-state index is 11.9. The second kappa shape index (κ2) is 7.09. The lowest BCUT2D eigenvalue weighted by Crippen LogP contribution is -2.21. The Morgan fingerprint density at radius 2 is 2.00 bits per heavy atom. The average molecular weight is 310 g/mol. The number of phenolic OH excluding ortho intramolecular Hbond substituents is 1. The molecule has 0 aliphatic rings. The van der Waals surface area contributed by atoms with E-state index in [4.69, 9.17) is 10.00 Å². The molecule has 0 saturated carbocycles. The number of nitrogens with one attached hydrogen (secondary N) is 1. The normalized spacial score (nSPS) is 9.74. The van der Waals surface area contributed by atoms with Crippen molar-refractivity contribution in [3.05, 3.63) is 59.2 Å². The summed E-state index contributed by atoms with van der Waals surface area (Å²) in [6.07, 6.45) is 0. The molecular formula is C17H14N2O4. The smallest absolute Gasteiger partial charge is 0.342 e. The fraction of sp³-hybridized carbons (Fsp3) is 0.118. The summed E-state index contributed by atoms with van der Waals surface area (Å²) < 4.78 is 4.88. The highest BCUT2D eigenvalue weighted by Crippen LogP contribution is 2.19. The molecule has 2 rings (SSSR count). The molecule has 0 aromatic heterocycles. The van der Waals surface area contributed by atoms with Gasteiger partial charge in [-0.1, -0.05) is 23.8 Å². The Morgan fingerprint density at radius 1 is 1.26 bits per heavy atom. The van der Waals surface area contributed by atoms with Gasteiger partial charge in [-0.2, -0.15) is 5.26 Å². The Bertz CT molecular complexity index is 793. The highest BCUT2D eigenvalue weighted by molar-refractivity contribution is 5.97. The number of hydrogen-bond donors (Lipinski definition) is 2. The van der Waals surface area contributed by atoms with Crippen molar-refractivity contribution in [2.45, 2.75) is 6.92 Å². The van der Waals surface area contributed by atoms with Crippen molar-refractivity contribution in [2.24, 2.45) is 0 Å². The first-order chi connectivity index (χ1) is 11.0. The van der Waals surface area contributed by atoms with E-state index in [-0.39, 0.29) is 11.3 Å². The first kappa shape index (κ1) is 16.0. The van der Waals surface area contributed by atoms with Crippen LogP contribution in [-0.4, -0.2) is 23.6 Å². The molecule has 0 radical (unpaired) electrons. The van der Waals surface area contributed by atoms with E-state index in [9.17, 15) is 14.7 Å². The minimum atomic E-state index is -0.796. The first-order valence-corrected chi connectivity index (χ1v) is 6.77. The lowest BCUT2D eigenvalue weighted by molar-refractivity contribution is -0.119. The molecule has 0 bridgehead atoms. The fourth-order valence-electron chi connectivity index (χ4n) is 1.90. The number of phenols is 1. The second-order valence-corrected chi connectivity index (χ2v) is 4.80. The van der Waals surface area contributed by atoms with E-state index in [1.54, 1.807) is 37.3 Å². The van der Waals surface area contributed by atoms with Crippen molar-refractivity contribution in [3.63, 3.8) is 0 Å². The Balaban J connectivity index is 1.98. The van der Waals surface area contributed by atoms with Gasteiger partial charge in [-0.25, -0.2) is 4.79 Å². The van der Waals surface area contributed by atoms with Crippen LogP contribution in [0.4, 0.5) is 5.69 Å². The molecule has 23 heavy (non-hydrogen) atoms. The summed E-state index contributed by atoms with van der Waals surface area (Å²) in [5.74, 6) is -1.58. The molecule has 6 heteroatoms. The largest absolute Gasteiger partial charge is 0.507 e. The zero-order chi connectivity index (χ0) is 16.8. The number of esters is 1. The summed E-state index contributed by atoms with van der Waals surface area (Å²) in [5.41, 5.74) is 1.43. The summed E-state index contributed by atoms with van der Waals surface area (Å²) in [6.45, 7) is 1.24. The number of amides is 1. The predicted octanol–water partition coefficient (Wildman–Crippen LogP) is 2.37. The Hall–Kier alpha value is -3.33. The van der Waals surface area contributed by atoms with Gasteiger partial charge in [-0.3, -0.25) is 4.79 Å². The van der Waals surface area contributed by atoms with Crippen molar-refractivity contribution < 1.29 is 19.4 Å². The van der Waals surface area contributed by atoms with E-state index >= 15 is 0 Å². The lowest BCUT2D eigenvalue weighted by atomic mass is 10.1. The Morgan fingerprint density at radius 3 is 2.74 bits per heavy atom. The first-order valence-electron chi connectivity index (χ1n) is 6.77. The Labute approximate surface area is 132 Å². The van der Waals surface area contributed by atoms with Gasteiger partial charge in [-0.15, -0.1) is 0 Å². The summed E-state index contributed by atoms with van der Waals surface area (Å²) in [7, 11) is 0. The van der Waals surface area contributed by atoms with Gasteiger partial charge in [-0.05, 0) is 31.2 Å². The van der Waals surface area contributed by atoms with E-state index in [0.717, 1.165) is 5.56 Å². The van der Waals surface area contributed by atoms with Crippen LogP contribution in [0.3, 0.4) is 0 Å². The molecule has 116 valence electrons. The molecule has 6 nitrogen and oxygen atoms in total. The van der Waals surface area contributed by atoms with E-state index in [1.807, 2.05) is 6.07 Å². The number of rotatable bonds is 4. The van der Waals surface area contributed by atoms with Gasteiger partial charge in [0.25, 0.3) is 5.91 Å². The van der Waals surface area contributed by atoms with Crippen molar-refractivity contribution in [2.75, 3.05) is 11.9 Å². The van der Waals surface area contributed by atoms with Gasteiger partial charge in [0, 0.05) is 0 Å². The monoisotopic (exact) mass is 310 g/mol. The summed E-state index contributed by atoms with van der Waals surface area (Å²) in [6, 6.07) is 12.9. The number of aromatic hydroxyl groups is 1. The number of hydrogen-bond acceptors (Lipinski definition) is 5. The molecule has 1 amide bonds. The van der Waals surface area contributed by atoms with Crippen LogP contribution in [0.1, 0.15) is 21.5 Å². The van der Waals surface area contributed by atoms with Crippen molar-refractivity contribution in [3.8, 4) is 11.8 Å². The van der Waals surface area contributed by atoms with Crippen LogP contribution < -0.4 is 5.32 Å². The molecule has 0 aliphatic heterocycles. The van der Waals surface area contributed by atoms with E-state index in [0.29, 0.717) is 11.3 Å². The van der Waals surface area contributed by atoms with Gasteiger partial charge in [0.05, 0.1) is 11.3 Å². The number of nitriles is 1. The van der Waals surface area contributed by atoms with E-state index < -0.39 is 18.5 Å². The summed E-state index contributed by atoms with van der Waals surface area (Å²) in [5, 5.41) is 21.1. The van der Waals surface area contributed by atoms with Crippen LogP contribution in [0, 0.1) is 18.3 Å². The summed E-state index contributed by atoms with van der Waals surface area (Å²) in [4.78, 5) is 23.7. The van der Waals surface area contributed by atoms with Crippen LogP contribution in [0.5, 0.6) is 5.75 Å². The van der Waals surface area contributed by atoms with Gasteiger partial charge >= 0.3 is 5.97 Å². The van der Waals surface area contributed by atoms with Crippen LogP contribution in [-0.2, 0) is 9.53 Å². The number of carbonyl (C=O) groups is 2. The zero-order valence-corrected chi connectivity index (χ0v) is 12.4. The molecule has 0 spiro atoms. The maximum atomic E-state index is 11.9. The minimum absolute atomic E-state index is 0.00442. The van der Waals surface area contributed by atoms with Gasteiger partial charge in [0.2, 0.25) is 0 Å². The Kier molecular flexibility index (Phi) is 4.95. The van der Waals surface area contributed by atoms with Crippen molar-refractivity contribution in [1.82, 2.24) is 0 Å². The minimum Gasteiger partial charge on any atom is -0.507 e. The molecule has 0 fully saturated rings. The number of nitrogens with zero attached hydrogens (tertiary/aromatic N) is 1.